The molecule has 0 saturated carbocycles. The normalized spacial score (nSPS) is 11.1. The number of nitrogens with zero attached hydrogens (tertiary/aromatic N) is 2. The minimum absolute atomic E-state index is 0.129. The average molecular weight is 422 g/mol. The van der Waals surface area contributed by atoms with Gasteiger partial charge in [0.2, 0.25) is 5.91 Å². The Morgan fingerprint density at radius 1 is 1.03 bits per heavy atom. The Labute approximate surface area is 185 Å². The highest BCUT2D eigenvalue weighted by Gasteiger charge is 2.10. The lowest BCUT2D eigenvalue weighted by molar-refractivity contribution is -0.120. The molecule has 1 heterocycles. The molecule has 0 aliphatic carbocycles. The quantitative estimate of drug-likeness (QED) is 0.401. The van der Waals surface area contributed by atoms with Crippen molar-refractivity contribution in [2.45, 2.75) is 65.8 Å². The predicted octanol–water partition coefficient (Wildman–Crippen LogP) is 5.36. The molecule has 3 aromatic rings. The summed E-state index contributed by atoms with van der Waals surface area (Å²) < 4.78 is 8.32. The summed E-state index contributed by atoms with van der Waals surface area (Å²) in [6, 6.07) is 14.6. The van der Waals surface area contributed by atoms with Crippen molar-refractivity contribution in [3.05, 3.63) is 59.4 Å². The Kier molecular flexibility index (Phi) is 8.51. The zero-order valence-corrected chi connectivity index (χ0v) is 19.1. The Morgan fingerprint density at radius 3 is 2.68 bits per heavy atom. The van der Waals surface area contributed by atoms with Gasteiger partial charge < -0.3 is 14.6 Å². The molecule has 1 amide bonds. The van der Waals surface area contributed by atoms with Crippen molar-refractivity contribution in [2.75, 3.05) is 13.2 Å². The van der Waals surface area contributed by atoms with E-state index in [1.165, 1.54) is 16.6 Å². The highest BCUT2D eigenvalue weighted by Crippen LogP contribution is 2.20. The van der Waals surface area contributed by atoms with Crippen molar-refractivity contribution in [1.82, 2.24) is 14.9 Å². The zero-order valence-electron chi connectivity index (χ0n) is 19.1. The van der Waals surface area contributed by atoms with Gasteiger partial charge in [0.25, 0.3) is 0 Å². The Hall–Kier alpha value is -2.82. The number of amides is 1. The van der Waals surface area contributed by atoms with Crippen LogP contribution in [0.4, 0.5) is 0 Å². The SMILES string of the molecule is CCC(=O)NCCCCCc1nc2ccccc2n1CCCOc1ccc(C)c(C)c1. The van der Waals surface area contributed by atoms with Crippen LogP contribution in [0, 0.1) is 13.8 Å². The minimum Gasteiger partial charge on any atom is -0.494 e. The second kappa shape index (κ2) is 11.5. The van der Waals surface area contributed by atoms with E-state index in [1.54, 1.807) is 0 Å². The van der Waals surface area contributed by atoms with Crippen LogP contribution in [0.25, 0.3) is 11.0 Å². The van der Waals surface area contributed by atoms with Gasteiger partial charge in [-0.05, 0) is 68.5 Å². The van der Waals surface area contributed by atoms with Crippen LogP contribution in [-0.2, 0) is 17.8 Å². The van der Waals surface area contributed by atoms with Gasteiger partial charge in [-0.2, -0.15) is 0 Å². The molecule has 0 unspecified atom stereocenters. The van der Waals surface area contributed by atoms with Crippen LogP contribution in [0.1, 0.15) is 56.0 Å². The standard InChI is InChI=1S/C26H35N3O2/c1-4-26(30)27-16-9-5-6-13-25-28-23-11-7-8-12-24(23)29(25)17-10-18-31-22-15-14-20(2)21(3)19-22/h7-8,11-12,14-15,19H,4-6,9-10,13,16-18H2,1-3H3,(H,27,30). The summed E-state index contributed by atoms with van der Waals surface area (Å²) in [6.45, 7) is 8.46. The molecule has 31 heavy (non-hydrogen) atoms. The second-order valence-electron chi connectivity index (χ2n) is 8.13. The fraction of sp³-hybridized carbons (Fsp3) is 0.462. The number of hydrogen-bond acceptors (Lipinski definition) is 3. The zero-order chi connectivity index (χ0) is 22.1. The average Bonchev–Trinajstić information content (AvgIpc) is 3.13. The molecule has 5 nitrogen and oxygen atoms in total. The molecule has 1 aromatic heterocycles. The van der Waals surface area contributed by atoms with Crippen molar-refractivity contribution < 1.29 is 9.53 Å². The number of carbonyl (C=O) groups is 1. The number of aromatic nitrogens is 2. The lowest BCUT2D eigenvalue weighted by atomic mass is 10.1. The van der Waals surface area contributed by atoms with Gasteiger partial charge in [0.05, 0.1) is 17.6 Å². The number of hydrogen-bond donors (Lipinski definition) is 1. The predicted molar refractivity (Wildman–Crippen MR) is 127 cm³/mol. The smallest absolute Gasteiger partial charge is 0.219 e. The van der Waals surface area contributed by atoms with Gasteiger partial charge in [0.1, 0.15) is 11.6 Å². The van der Waals surface area contributed by atoms with E-state index in [4.69, 9.17) is 9.72 Å². The molecule has 0 fully saturated rings. The van der Waals surface area contributed by atoms with E-state index in [0.717, 1.165) is 62.3 Å². The number of carbonyl (C=O) groups excluding carboxylic acids is 1. The summed E-state index contributed by atoms with van der Waals surface area (Å²) in [6.07, 6.45) is 5.61. The van der Waals surface area contributed by atoms with Gasteiger partial charge in [0, 0.05) is 25.9 Å². The number of nitrogens with one attached hydrogen (secondary N) is 1. The summed E-state index contributed by atoms with van der Waals surface area (Å²) in [5, 5.41) is 2.94. The van der Waals surface area contributed by atoms with Crippen LogP contribution in [0.3, 0.4) is 0 Å². The van der Waals surface area contributed by atoms with Crippen molar-refractivity contribution in [3.8, 4) is 5.75 Å². The van der Waals surface area contributed by atoms with Crippen molar-refractivity contribution in [3.63, 3.8) is 0 Å². The lowest BCUT2D eigenvalue weighted by Crippen LogP contribution is -2.23. The Balaban J connectivity index is 1.52. The lowest BCUT2D eigenvalue weighted by Gasteiger charge is -2.11. The highest BCUT2D eigenvalue weighted by atomic mass is 16.5. The van der Waals surface area contributed by atoms with Crippen LogP contribution < -0.4 is 10.1 Å². The molecular weight excluding hydrogens is 386 g/mol. The summed E-state index contributed by atoms with van der Waals surface area (Å²) in [4.78, 5) is 16.2. The van der Waals surface area contributed by atoms with Gasteiger partial charge in [-0.1, -0.05) is 31.5 Å². The summed E-state index contributed by atoms with van der Waals surface area (Å²) in [5.74, 6) is 2.21. The van der Waals surface area contributed by atoms with Crippen molar-refractivity contribution >= 4 is 16.9 Å². The maximum atomic E-state index is 11.3. The van der Waals surface area contributed by atoms with Gasteiger partial charge in [-0.3, -0.25) is 4.79 Å². The minimum atomic E-state index is 0.129. The number of unbranched alkanes of at least 4 members (excludes halogenated alkanes) is 2. The third kappa shape index (κ3) is 6.58. The number of aryl methyl sites for hydroxylation is 4. The monoisotopic (exact) mass is 421 g/mol. The maximum Gasteiger partial charge on any atom is 0.219 e. The molecule has 0 atom stereocenters. The number of ether oxygens (including phenoxy) is 1. The molecule has 2 aromatic carbocycles. The van der Waals surface area contributed by atoms with Crippen LogP contribution >= 0.6 is 0 Å². The van der Waals surface area contributed by atoms with Crippen molar-refractivity contribution in [2.24, 2.45) is 0 Å². The van der Waals surface area contributed by atoms with E-state index in [-0.39, 0.29) is 5.91 Å². The fourth-order valence-corrected chi connectivity index (χ4v) is 3.72. The maximum absolute atomic E-state index is 11.3. The largest absolute Gasteiger partial charge is 0.494 e. The van der Waals surface area contributed by atoms with E-state index >= 15 is 0 Å². The summed E-state index contributed by atoms with van der Waals surface area (Å²) in [5.41, 5.74) is 4.80. The Bertz CT molecular complexity index is 993. The molecule has 166 valence electrons. The van der Waals surface area contributed by atoms with E-state index in [9.17, 15) is 4.79 Å². The first-order chi connectivity index (χ1) is 15.1. The topological polar surface area (TPSA) is 56.2 Å². The number of para-hydroxylation sites is 2. The van der Waals surface area contributed by atoms with E-state index in [0.29, 0.717) is 13.0 Å². The van der Waals surface area contributed by atoms with Gasteiger partial charge >= 0.3 is 0 Å². The molecule has 3 rings (SSSR count). The van der Waals surface area contributed by atoms with Gasteiger partial charge in [-0.25, -0.2) is 4.98 Å². The van der Waals surface area contributed by atoms with Gasteiger partial charge in [0.15, 0.2) is 0 Å². The highest BCUT2D eigenvalue weighted by molar-refractivity contribution is 5.76. The number of rotatable bonds is 12. The molecule has 1 N–H and O–H groups in total. The molecular formula is C26H35N3O2. The molecule has 0 aliphatic heterocycles. The number of benzene rings is 2. The van der Waals surface area contributed by atoms with Crippen molar-refractivity contribution in [1.29, 1.82) is 0 Å². The first kappa shape index (κ1) is 22.9. The molecule has 5 heteroatoms. The number of imidazole rings is 1. The Morgan fingerprint density at radius 2 is 1.87 bits per heavy atom. The third-order valence-corrected chi connectivity index (χ3v) is 5.73. The summed E-state index contributed by atoms with van der Waals surface area (Å²) >= 11 is 0. The van der Waals surface area contributed by atoms with E-state index < -0.39 is 0 Å². The molecule has 0 spiro atoms. The molecule has 0 saturated heterocycles. The molecule has 0 bridgehead atoms. The van der Waals surface area contributed by atoms with Gasteiger partial charge in [-0.15, -0.1) is 0 Å². The molecule has 0 radical (unpaired) electrons. The third-order valence-electron chi connectivity index (χ3n) is 5.73. The summed E-state index contributed by atoms with van der Waals surface area (Å²) in [7, 11) is 0. The number of fused-ring (bicyclic) bond motifs is 1. The van der Waals surface area contributed by atoms with E-state index in [2.05, 4.69) is 54.1 Å². The van der Waals surface area contributed by atoms with Crippen LogP contribution in [0.15, 0.2) is 42.5 Å². The first-order valence-electron chi connectivity index (χ1n) is 11.5. The second-order valence-corrected chi connectivity index (χ2v) is 8.13. The van der Waals surface area contributed by atoms with E-state index in [1.807, 2.05) is 19.1 Å². The van der Waals surface area contributed by atoms with Crippen LogP contribution in [-0.4, -0.2) is 28.6 Å². The fourth-order valence-electron chi connectivity index (χ4n) is 3.72. The van der Waals surface area contributed by atoms with Crippen LogP contribution in [0.2, 0.25) is 0 Å². The first-order valence-corrected chi connectivity index (χ1v) is 11.5. The van der Waals surface area contributed by atoms with Crippen LogP contribution in [0.5, 0.6) is 5.75 Å². The molecule has 0 aliphatic rings.